The van der Waals surface area contributed by atoms with E-state index in [1.807, 2.05) is 28.6 Å². The minimum absolute atomic E-state index is 0.288. The molecule has 1 aliphatic carbocycles. The fourth-order valence-electron chi connectivity index (χ4n) is 2.96. The molecule has 6 nitrogen and oxygen atoms in total. The minimum Gasteiger partial charge on any atom is -0.367 e. The van der Waals surface area contributed by atoms with Crippen molar-refractivity contribution >= 4 is 17.0 Å². The van der Waals surface area contributed by atoms with Crippen molar-refractivity contribution in [1.82, 2.24) is 24.4 Å². The first-order valence-corrected chi connectivity index (χ1v) is 7.05. The molecule has 0 bridgehead atoms. The Hall–Kier alpha value is -2.63. The zero-order valence-corrected chi connectivity index (χ0v) is 11.8. The van der Waals surface area contributed by atoms with Crippen LogP contribution in [0.3, 0.4) is 0 Å². The van der Waals surface area contributed by atoms with Crippen LogP contribution in [0.25, 0.3) is 22.2 Å². The van der Waals surface area contributed by atoms with E-state index in [1.54, 1.807) is 6.20 Å². The van der Waals surface area contributed by atoms with Crippen LogP contribution < -0.4 is 5.73 Å². The summed E-state index contributed by atoms with van der Waals surface area (Å²) in [5.41, 5.74) is 11.4. The molecule has 0 fully saturated rings. The second-order valence-corrected chi connectivity index (χ2v) is 5.38. The van der Waals surface area contributed by atoms with E-state index in [0.717, 1.165) is 35.2 Å². The molecular formula is C15H16N6. The maximum absolute atomic E-state index is 5.76. The highest BCUT2D eigenvalue weighted by Gasteiger charge is 2.20. The number of rotatable bonds is 2. The molecule has 1 aliphatic rings. The van der Waals surface area contributed by atoms with Crippen molar-refractivity contribution in [3.63, 3.8) is 0 Å². The number of hydrogen-bond donors (Lipinski definition) is 1. The normalized spacial score (nSPS) is 14.8. The van der Waals surface area contributed by atoms with Gasteiger partial charge in [-0.25, -0.2) is 9.50 Å². The molecule has 6 heteroatoms. The lowest BCUT2D eigenvalue weighted by molar-refractivity contribution is 0.768. The summed E-state index contributed by atoms with van der Waals surface area (Å²) >= 11 is 0. The van der Waals surface area contributed by atoms with Crippen molar-refractivity contribution in [2.75, 3.05) is 5.73 Å². The van der Waals surface area contributed by atoms with Crippen LogP contribution in [0.15, 0.2) is 30.7 Å². The lowest BCUT2D eigenvalue weighted by atomic mass is 10.0. The van der Waals surface area contributed by atoms with Gasteiger partial charge < -0.3 is 5.73 Å². The van der Waals surface area contributed by atoms with Gasteiger partial charge in [0.2, 0.25) is 5.95 Å². The molecule has 0 amide bonds. The Morgan fingerprint density at radius 3 is 2.90 bits per heavy atom. The van der Waals surface area contributed by atoms with Crippen LogP contribution in [0, 0.1) is 0 Å². The smallest absolute Gasteiger partial charge is 0.238 e. The Kier molecular flexibility index (Phi) is 2.57. The summed E-state index contributed by atoms with van der Waals surface area (Å²) in [6.45, 7) is 0. The molecule has 3 heterocycles. The summed E-state index contributed by atoms with van der Waals surface area (Å²) < 4.78 is 3.71. The maximum atomic E-state index is 5.76. The topological polar surface area (TPSA) is 74.0 Å². The molecule has 2 N–H and O–H groups in total. The molecule has 0 unspecified atom stereocenters. The number of aromatic nitrogens is 5. The monoisotopic (exact) mass is 280 g/mol. The molecule has 4 rings (SSSR count). The number of nitrogen functional groups attached to an aromatic ring is 1. The predicted octanol–water partition coefficient (Wildman–Crippen LogP) is 2.28. The van der Waals surface area contributed by atoms with Crippen molar-refractivity contribution in [3.05, 3.63) is 36.4 Å². The van der Waals surface area contributed by atoms with Gasteiger partial charge in [-0.05, 0) is 30.9 Å². The molecule has 106 valence electrons. The molecule has 0 saturated carbocycles. The molecule has 3 aromatic rings. The Balaban J connectivity index is 2.03. The fourth-order valence-corrected chi connectivity index (χ4v) is 2.96. The Morgan fingerprint density at radius 1 is 1.29 bits per heavy atom. The average Bonchev–Trinajstić information content (AvgIpc) is 3.15. The molecule has 0 atom stereocenters. The number of fused-ring (bicyclic) bond motifs is 1. The standard InChI is InChI=1S/C15H16N6/c1-20-9-11(7-18-20)13-6-12-8-17-15(16)19-21(12)14(13)10-4-2-3-5-10/h4,6-9H,2-3,5H2,1H3,(H2,16,19). The van der Waals surface area contributed by atoms with E-state index in [0.29, 0.717) is 0 Å². The Bertz CT molecular complexity index is 854. The van der Waals surface area contributed by atoms with Gasteiger partial charge in [0.05, 0.1) is 23.6 Å². The molecule has 0 aliphatic heterocycles. The van der Waals surface area contributed by atoms with E-state index in [4.69, 9.17) is 5.73 Å². The number of anilines is 1. The van der Waals surface area contributed by atoms with Crippen molar-refractivity contribution < 1.29 is 0 Å². The van der Waals surface area contributed by atoms with Gasteiger partial charge in [0, 0.05) is 24.4 Å². The molecular weight excluding hydrogens is 264 g/mol. The van der Waals surface area contributed by atoms with Crippen LogP contribution in [-0.2, 0) is 7.05 Å². The van der Waals surface area contributed by atoms with Gasteiger partial charge in [-0.1, -0.05) is 6.08 Å². The summed E-state index contributed by atoms with van der Waals surface area (Å²) in [4.78, 5) is 4.09. The quantitative estimate of drug-likeness (QED) is 0.781. The van der Waals surface area contributed by atoms with E-state index in [-0.39, 0.29) is 5.95 Å². The van der Waals surface area contributed by atoms with Gasteiger partial charge in [-0.15, -0.1) is 5.10 Å². The number of hydrogen-bond acceptors (Lipinski definition) is 4. The Morgan fingerprint density at radius 2 is 2.19 bits per heavy atom. The molecule has 0 aromatic carbocycles. The van der Waals surface area contributed by atoms with Crippen LogP contribution in [0.1, 0.15) is 25.0 Å². The van der Waals surface area contributed by atoms with Gasteiger partial charge in [0.15, 0.2) is 0 Å². The zero-order chi connectivity index (χ0) is 14.4. The van der Waals surface area contributed by atoms with Crippen molar-refractivity contribution in [1.29, 1.82) is 0 Å². The summed E-state index contributed by atoms with van der Waals surface area (Å²) in [6.07, 6.45) is 11.3. The lowest BCUT2D eigenvalue weighted by Crippen LogP contribution is -2.03. The van der Waals surface area contributed by atoms with Gasteiger partial charge in [0.25, 0.3) is 0 Å². The first kappa shape index (κ1) is 12.1. The third-order valence-corrected chi connectivity index (χ3v) is 3.90. The number of nitrogens with two attached hydrogens (primary N) is 1. The molecule has 0 spiro atoms. The average molecular weight is 280 g/mol. The van der Waals surface area contributed by atoms with Gasteiger partial charge in [-0.3, -0.25) is 4.68 Å². The third-order valence-electron chi connectivity index (χ3n) is 3.90. The highest BCUT2D eigenvalue weighted by molar-refractivity contribution is 5.84. The highest BCUT2D eigenvalue weighted by Crippen LogP contribution is 2.36. The van der Waals surface area contributed by atoms with Crippen LogP contribution in [0.2, 0.25) is 0 Å². The third kappa shape index (κ3) is 1.91. The van der Waals surface area contributed by atoms with Crippen LogP contribution in [0.4, 0.5) is 5.95 Å². The predicted molar refractivity (Wildman–Crippen MR) is 81.4 cm³/mol. The molecule has 3 aromatic heterocycles. The summed E-state index contributed by atoms with van der Waals surface area (Å²) in [5.74, 6) is 0.288. The van der Waals surface area contributed by atoms with Crippen molar-refractivity contribution in [3.8, 4) is 11.1 Å². The number of allylic oxidation sites excluding steroid dienone is 2. The maximum Gasteiger partial charge on any atom is 0.238 e. The highest BCUT2D eigenvalue weighted by atomic mass is 15.3. The van der Waals surface area contributed by atoms with Gasteiger partial charge >= 0.3 is 0 Å². The van der Waals surface area contributed by atoms with E-state index in [9.17, 15) is 0 Å². The number of aryl methyl sites for hydroxylation is 1. The first-order chi connectivity index (χ1) is 10.2. The molecule has 0 saturated heterocycles. The van der Waals surface area contributed by atoms with Crippen LogP contribution in [-0.4, -0.2) is 24.4 Å². The van der Waals surface area contributed by atoms with E-state index >= 15 is 0 Å². The van der Waals surface area contributed by atoms with E-state index < -0.39 is 0 Å². The molecule has 0 radical (unpaired) electrons. The zero-order valence-electron chi connectivity index (χ0n) is 11.8. The minimum atomic E-state index is 0.288. The van der Waals surface area contributed by atoms with Crippen LogP contribution >= 0.6 is 0 Å². The van der Waals surface area contributed by atoms with Gasteiger partial charge in [-0.2, -0.15) is 5.10 Å². The van der Waals surface area contributed by atoms with Gasteiger partial charge in [0.1, 0.15) is 0 Å². The SMILES string of the molecule is Cn1cc(-c2cc3cnc(N)nn3c2C2=CCCC2)cn1. The second kappa shape index (κ2) is 4.44. The van der Waals surface area contributed by atoms with Crippen molar-refractivity contribution in [2.45, 2.75) is 19.3 Å². The lowest BCUT2D eigenvalue weighted by Gasteiger charge is -2.06. The fraction of sp³-hybridized carbons (Fsp3) is 0.267. The largest absolute Gasteiger partial charge is 0.367 e. The summed E-state index contributed by atoms with van der Waals surface area (Å²) in [6, 6.07) is 2.10. The van der Waals surface area contributed by atoms with Crippen molar-refractivity contribution in [2.24, 2.45) is 7.05 Å². The summed E-state index contributed by atoms with van der Waals surface area (Å²) in [5, 5.41) is 8.66. The van der Waals surface area contributed by atoms with Crippen LogP contribution in [0.5, 0.6) is 0 Å². The first-order valence-electron chi connectivity index (χ1n) is 7.05. The van der Waals surface area contributed by atoms with E-state index in [2.05, 4.69) is 27.3 Å². The number of nitrogens with zero attached hydrogens (tertiary/aromatic N) is 5. The van der Waals surface area contributed by atoms with E-state index in [1.165, 1.54) is 12.0 Å². The Labute approximate surface area is 121 Å². The summed E-state index contributed by atoms with van der Waals surface area (Å²) in [7, 11) is 1.92. The second-order valence-electron chi connectivity index (χ2n) is 5.38. The molecule has 21 heavy (non-hydrogen) atoms.